The number of fused-ring (bicyclic) bond motifs is 1. The van der Waals surface area contributed by atoms with E-state index in [1.165, 1.54) is 0 Å². The molecule has 1 aromatic carbocycles. The lowest BCUT2D eigenvalue weighted by Crippen LogP contribution is -2.12. The largest absolute Gasteiger partial charge is 0.396 e. The van der Waals surface area contributed by atoms with Crippen LogP contribution in [0.25, 0.3) is 21.3 Å². The zero-order valence-electron chi connectivity index (χ0n) is 15.2. The van der Waals surface area contributed by atoms with Gasteiger partial charge < -0.3 is 15.5 Å². The maximum atomic E-state index is 9.61. The molecule has 6 heteroatoms. The Labute approximate surface area is 167 Å². The van der Waals surface area contributed by atoms with E-state index >= 15 is 0 Å². The van der Waals surface area contributed by atoms with E-state index in [0.717, 1.165) is 32.7 Å². The Morgan fingerprint density at radius 3 is 2.50 bits per heavy atom. The summed E-state index contributed by atoms with van der Waals surface area (Å²) >= 11 is 1.57. The molecule has 0 unspecified atom stereocenters. The van der Waals surface area contributed by atoms with Crippen LogP contribution in [0.4, 0.5) is 5.69 Å². The summed E-state index contributed by atoms with van der Waals surface area (Å²) in [6.07, 6.45) is 1.78. The first kappa shape index (κ1) is 18.6. The Kier molecular flexibility index (Phi) is 5.62. The average molecular weight is 391 g/mol. The van der Waals surface area contributed by atoms with E-state index in [0.29, 0.717) is 12.2 Å². The molecule has 3 aromatic heterocycles. The predicted molar refractivity (Wildman–Crippen MR) is 114 cm³/mol. The molecule has 0 saturated heterocycles. The third-order valence-electron chi connectivity index (χ3n) is 4.69. The quantitative estimate of drug-likeness (QED) is 0.443. The first-order valence-corrected chi connectivity index (χ1v) is 10.0. The number of aromatic nitrogens is 2. The highest BCUT2D eigenvalue weighted by molar-refractivity contribution is 7.17. The third kappa shape index (κ3) is 3.75. The van der Waals surface area contributed by atoms with Crippen LogP contribution >= 0.6 is 11.3 Å². The number of aliphatic hydroxyl groups excluding tert-OH is 2. The second-order valence-electron chi connectivity index (χ2n) is 6.53. The minimum atomic E-state index is -0.401. The van der Waals surface area contributed by atoms with Gasteiger partial charge in [0.05, 0.1) is 31.1 Å². The van der Waals surface area contributed by atoms with Crippen LogP contribution in [-0.4, -0.2) is 33.4 Å². The van der Waals surface area contributed by atoms with Gasteiger partial charge in [0.25, 0.3) is 0 Å². The van der Waals surface area contributed by atoms with Crippen molar-refractivity contribution in [1.29, 1.82) is 0 Å². The lowest BCUT2D eigenvalue weighted by Gasteiger charge is -2.15. The molecule has 0 spiro atoms. The normalized spacial score (nSPS) is 11.2. The smallest absolute Gasteiger partial charge is 0.126 e. The molecule has 0 saturated carbocycles. The van der Waals surface area contributed by atoms with Crippen molar-refractivity contribution in [3.05, 3.63) is 77.6 Å². The van der Waals surface area contributed by atoms with Crippen LogP contribution in [0, 0.1) is 0 Å². The Hall–Kier alpha value is -2.80. The van der Waals surface area contributed by atoms with Crippen LogP contribution < -0.4 is 5.32 Å². The molecule has 4 rings (SSSR count). The van der Waals surface area contributed by atoms with E-state index in [1.807, 2.05) is 42.5 Å². The number of rotatable bonds is 7. The highest BCUT2D eigenvalue weighted by Gasteiger charge is 2.18. The number of nitrogens with one attached hydrogen (secondary N) is 1. The monoisotopic (exact) mass is 391 g/mol. The number of benzene rings is 1. The minimum absolute atomic E-state index is 0.147. The third-order valence-corrected chi connectivity index (χ3v) is 5.57. The summed E-state index contributed by atoms with van der Waals surface area (Å²) < 4.78 is 0. The van der Waals surface area contributed by atoms with Crippen LogP contribution in [-0.2, 0) is 6.54 Å². The van der Waals surface area contributed by atoms with Gasteiger partial charge in [0.2, 0.25) is 0 Å². The average Bonchev–Trinajstić information content (AvgIpc) is 3.19. The molecule has 0 bridgehead atoms. The standard InChI is InChI=1S/C22H21N3O2S/c26-12-16(13-27)19-10-20(24-11-17-8-4-5-9-23-17)21-18(14-28-22(21)25-19)15-6-2-1-3-7-15/h1-10,14,16,26-27H,11-13H2,(H,24,25). The van der Waals surface area contributed by atoms with Crippen LogP contribution in [0.2, 0.25) is 0 Å². The van der Waals surface area contributed by atoms with Gasteiger partial charge in [0.15, 0.2) is 0 Å². The summed E-state index contributed by atoms with van der Waals surface area (Å²) in [5.74, 6) is -0.401. The zero-order chi connectivity index (χ0) is 19.3. The fourth-order valence-electron chi connectivity index (χ4n) is 3.17. The molecular formula is C22H21N3O2S. The van der Waals surface area contributed by atoms with Crippen molar-refractivity contribution in [3.8, 4) is 11.1 Å². The van der Waals surface area contributed by atoms with Gasteiger partial charge in [-0.1, -0.05) is 36.4 Å². The number of hydrogen-bond donors (Lipinski definition) is 3. The van der Waals surface area contributed by atoms with E-state index in [9.17, 15) is 10.2 Å². The predicted octanol–water partition coefficient (Wildman–Crippen LogP) is 4.04. The van der Waals surface area contributed by atoms with Crippen molar-refractivity contribution in [3.63, 3.8) is 0 Å². The first-order valence-electron chi connectivity index (χ1n) is 9.13. The van der Waals surface area contributed by atoms with E-state index in [2.05, 4.69) is 27.8 Å². The van der Waals surface area contributed by atoms with Gasteiger partial charge in [-0.3, -0.25) is 4.98 Å². The summed E-state index contributed by atoms with van der Waals surface area (Å²) in [7, 11) is 0. The molecular weight excluding hydrogens is 370 g/mol. The van der Waals surface area contributed by atoms with Crippen molar-refractivity contribution in [1.82, 2.24) is 9.97 Å². The number of pyridine rings is 2. The maximum Gasteiger partial charge on any atom is 0.126 e. The Morgan fingerprint density at radius 1 is 1.00 bits per heavy atom. The van der Waals surface area contributed by atoms with Crippen molar-refractivity contribution >= 4 is 27.2 Å². The topological polar surface area (TPSA) is 78.3 Å². The minimum Gasteiger partial charge on any atom is -0.396 e. The lowest BCUT2D eigenvalue weighted by atomic mass is 10.0. The van der Waals surface area contributed by atoms with Gasteiger partial charge in [-0.2, -0.15) is 0 Å². The van der Waals surface area contributed by atoms with Gasteiger partial charge in [-0.15, -0.1) is 11.3 Å². The number of anilines is 1. The second-order valence-corrected chi connectivity index (χ2v) is 7.39. The zero-order valence-corrected chi connectivity index (χ0v) is 16.1. The molecule has 4 aromatic rings. The first-order chi connectivity index (χ1) is 13.8. The fraction of sp³-hybridized carbons (Fsp3) is 0.182. The van der Waals surface area contributed by atoms with Crippen molar-refractivity contribution in [2.45, 2.75) is 12.5 Å². The molecule has 3 N–H and O–H groups in total. The highest BCUT2D eigenvalue weighted by atomic mass is 32.1. The van der Waals surface area contributed by atoms with Crippen LogP contribution in [0.3, 0.4) is 0 Å². The number of aliphatic hydroxyl groups is 2. The van der Waals surface area contributed by atoms with E-state index in [4.69, 9.17) is 4.98 Å². The summed E-state index contributed by atoms with van der Waals surface area (Å²) in [4.78, 5) is 9.98. The molecule has 0 radical (unpaired) electrons. The van der Waals surface area contributed by atoms with Crippen molar-refractivity contribution in [2.75, 3.05) is 18.5 Å². The van der Waals surface area contributed by atoms with Gasteiger partial charge in [0.1, 0.15) is 4.83 Å². The number of thiophene rings is 1. The highest BCUT2D eigenvalue weighted by Crippen LogP contribution is 2.39. The van der Waals surface area contributed by atoms with Crippen LogP contribution in [0.15, 0.2) is 66.2 Å². The van der Waals surface area contributed by atoms with Crippen LogP contribution in [0.1, 0.15) is 17.3 Å². The molecule has 0 aliphatic carbocycles. The molecule has 0 aliphatic rings. The van der Waals surface area contributed by atoms with Crippen molar-refractivity contribution < 1.29 is 10.2 Å². The number of hydrogen-bond acceptors (Lipinski definition) is 6. The van der Waals surface area contributed by atoms with E-state index < -0.39 is 5.92 Å². The SMILES string of the molecule is OCC(CO)c1cc(NCc2ccccn2)c2c(-c3ccccc3)csc2n1. The molecule has 0 aliphatic heterocycles. The van der Waals surface area contributed by atoms with Gasteiger partial charge in [-0.25, -0.2) is 4.98 Å². The van der Waals surface area contributed by atoms with Crippen LogP contribution in [0.5, 0.6) is 0 Å². The molecule has 0 atom stereocenters. The summed E-state index contributed by atoms with van der Waals surface area (Å²) in [6, 6.07) is 18.0. The molecule has 3 heterocycles. The van der Waals surface area contributed by atoms with Gasteiger partial charge in [-0.05, 0) is 23.8 Å². The summed E-state index contributed by atoms with van der Waals surface area (Å²) in [5, 5.41) is 25.9. The molecule has 5 nitrogen and oxygen atoms in total. The molecule has 142 valence electrons. The van der Waals surface area contributed by atoms with Gasteiger partial charge >= 0.3 is 0 Å². The maximum absolute atomic E-state index is 9.61. The molecule has 0 fully saturated rings. The Balaban J connectivity index is 1.81. The lowest BCUT2D eigenvalue weighted by molar-refractivity contribution is 0.190. The van der Waals surface area contributed by atoms with Gasteiger partial charge in [0, 0.05) is 34.1 Å². The number of nitrogens with zero attached hydrogens (tertiary/aromatic N) is 2. The molecule has 0 amide bonds. The van der Waals surface area contributed by atoms with E-state index in [1.54, 1.807) is 17.5 Å². The second kappa shape index (κ2) is 8.48. The molecule has 28 heavy (non-hydrogen) atoms. The summed E-state index contributed by atoms with van der Waals surface area (Å²) in [6.45, 7) is 0.281. The summed E-state index contributed by atoms with van der Waals surface area (Å²) in [5.41, 5.74) is 4.80. The van der Waals surface area contributed by atoms with Crippen molar-refractivity contribution in [2.24, 2.45) is 0 Å². The fourth-order valence-corrected chi connectivity index (χ4v) is 4.15. The van der Waals surface area contributed by atoms with E-state index in [-0.39, 0.29) is 13.2 Å². The Bertz CT molecular complexity index is 1050. The Morgan fingerprint density at radius 2 is 1.79 bits per heavy atom.